The maximum atomic E-state index is 13.7. The number of aromatic nitrogens is 4. The number of aliphatic carboxylic acids is 1. The quantitative estimate of drug-likeness (QED) is 0.168. The Balaban J connectivity index is 0.000000748. The number of hydrogen-bond acceptors (Lipinski definition) is 8. The molecule has 40 heavy (non-hydrogen) atoms. The van der Waals surface area contributed by atoms with Gasteiger partial charge in [0.15, 0.2) is 5.41 Å². The molecule has 14 heteroatoms. The molecule has 212 valence electrons. The smallest absolute Gasteiger partial charge is 0.870 e. The van der Waals surface area contributed by atoms with Crippen LogP contribution in [0.1, 0.15) is 52.2 Å². The second-order valence-electron chi connectivity index (χ2n) is 8.21. The molecule has 0 fully saturated rings. The van der Waals surface area contributed by atoms with Crippen LogP contribution in [0, 0.1) is 11.9 Å². The van der Waals surface area contributed by atoms with Crippen molar-refractivity contribution in [1.82, 2.24) is 20.4 Å². The molecule has 2 heterocycles. The molecule has 2 aromatic carbocycles. The van der Waals surface area contributed by atoms with Gasteiger partial charge in [-0.2, -0.15) is 19.0 Å². The third kappa shape index (κ3) is 7.42. The molecule has 2 aromatic heterocycles. The molecule has 4 N–H and O–H groups in total. The van der Waals surface area contributed by atoms with Crippen molar-refractivity contribution in [3.8, 4) is 0 Å². The van der Waals surface area contributed by atoms with E-state index in [2.05, 4.69) is 20.4 Å². The first-order valence-electron chi connectivity index (χ1n) is 11.4. The summed E-state index contributed by atoms with van der Waals surface area (Å²) in [6.45, 7) is 6.49. The Morgan fingerprint density at radius 1 is 0.925 bits per heavy atom. The van der Waals surface area contributed by atoms with E-state index in [0.717, 1.165) is 0 Å². The van der Waals surface area contributed by atoms with E-state index in [0.29, 0.717) is 22.0 Å². The summed E-state index contributed by atoms with van der Waals surface area (Å²) in [6.07, 6.45) is 0. The number of carbonyl (C=O) groups excluding carboxylic acids is 2. The predicted molar refractivity (Wildman–Crippen MR) is 137 cm³/mol. The van der Waals surface area contributed by atoms with Gasteiger partial charge < -0.3 is 20.1 Å². The summed E-state index contributed by atoms with van der Waals surface area (Å²) in [7, 11) is 0. The Morgan fingerprint density at radius 2 is 1.38 bits per heavy atom. The second kappa shape index (κ2) is 15.4. The molecule has 0 aliphatic heterocycles. The van der Waals surface area contributed by atoms with Crippen molar-refractivity contribution in [2.45, 2.75) is 46.5 Å². The molecule has 11 nitrogen and oxygen atoms in total. The van der Waals surface area contributed by atoms with Gasteiger partial charge in [-0.05, 0) is 63.1 Å². The Hall–Kier alpha value is -3.39. The van der Waals surface area contributed by atoms with Gasteiger partial charge in [0, 0.05) is 0 Å². The van der Waals surface area contributed by atoms with Gasteiger partial charge in [0.25, 0.3) is 0 Å². The molecular formula is C26H31F2N4NaO7. The number of halogens is 2. The Kier molecular flexibility index (Phi) is 14.1. The van der Waals surface area contributed by atoms with Crippen LogP contribution in [-0.2, 0) is 29.3 Å². The van der Waals surface area contributed by atoms with Crippen molar-refractivity contribution in [1.29, 1.82) is 0 Å². The third-order valence-electron chi connectivity index (χ3n) is 5.85. The first-order valence-corrected chi connectivity index (χ1v) is 11.4. The van der Waals surface area contributed by atoms with E-state index in [1.54, 1.807) is 32.9 Å². The third-order valence-corrected chi connectivity index (χ3v) is 5.85. The van der Waals surface area contributed by atoms with Crippen molar-refractivity contribution in [2.24, 2.45) is 0 Å². The molecule has 0 spiro atoms. The molecule has 1 atom stereocenters. The fraction of sp³-hybridized carbons (Fsp3) is 0.346. The Bertz CT molecular complexity index is 1440. The van der Waals surface area contributed by atoms with E-state index in [9.17, 15) is 23.2 Å². The normalized spacial score (nSPS) is 11.2. The molecule has 0 amide bonds. The predicted octanol–water partition coefficient (Wildman–Crippen LogP) is 1.44. The van der Waals surface area contributed by atoms with Crippen LogP contribution in [0.25, 0.3) is 21.8 Å². The Labute approximate surface area is 251 Å². The SMILES string of the molecule is C.CC(C(=O)O)c1ccc2n[nH]c(F)c2c1.CCOC(=O)C(C)(C(=O)OCC)c1ccc2n[nH]c(F)c2c1.[Na+].[OH-]. The number of aromatic amines is 2. The molecule has 1 unspecified atom stereocenters. The summed E-state index contributed by atoms with van der Waals surface area (Å²) in [5, 5.41) is 21.2. The zero-order chi connectivity index (χ0) is 27.3. The van der Waals surface area contributed by atoms with Crippen molar-refractivity contribution in [3.63, 3.8) is 0 Å². The number of carboxylic acid groups (broad SMARTS) is 1. The summed E-state index contributed by atoms with van der Waals surface area (Å²) in [4.78, 5) is 35.3. The summed E-state index contributed by atoms with van der Waals surface area (Å²) in [6, 6.07) is 9.22. The molecular weight excluding hydrogens is 541 g/mol. The molecule has 4 rings (SSSR count). The number of rotatable bonds is 7. The summed E-state index contributed by atoms with van der Waals surface area (Å²) in [5.41, 5.74) is 0.0851. The molecule has 0 aliphatic rings. The second-order valence-corrected chi connectivity index (χ2v) is 8.21. The molecule has 0 aliphatic carbocycles. The number of ether oxygens (including phenoxy) is 2. The number of hydrogen-bond donors (Lipinski definition) is 3. The number of carbonyl (C=O) groups is 3. The monoisotopic (exact) mass is 572 g/mol. The molecule has 0 saturated carbocycles. The van der Waals surface area contributed by atoms with Crippen LogP contribution in [0.5, 0.6) is 0 Å². The topological polar surface area (TPSA) is 177 Å². The van der Waals surface area contributed by atoms with Gasteiger partial charge in [-0.25, -0.2) is 0 Å². The summed E-state index contributed by atoms with van der Waals surface area (Å²) >= 11 is 0. The minimum absolute atomic E-state index is 0. The van der Waals surface area contributed by atoms with Crippen LogP contribution < -0.4 is 29.6 Å². The number of fused-ring (bicyclic) bond motifs is 2. The van der Waals surface area contributed by atoms with E-state index in [1.807, 2.05) is 0 Å². The molecule has 0 saturated heterocycles. The number of benzene rings is 2. The van der Waals surface area contributed by atoms with Gasteiger partial charge in [-0.3, -0.25) is 24.6 Å². The standard InChI is InChI=1S/C15H17FN2O4.C10H9FN2O2.CH4.Na.H2O/c1-4-21-13(19)15(3,14(20)22-5-2)9-6-7-11-10(8-9)12(16)18-17-11;1-5(10(14)15)6-2-3-8-7(4-6)9(11)13-12-8;;;/h6-8H,4-5H2,1-3H3,(H,17,18);2-5H,1H3,(H,12,13)(H,14,15);1H4;;1H2/q;;;+1;/p-1. The van der Waals surface area contributed by atoms with Crippen LogP contribution >= 0.6 is 0 Å². The van der Waals surface area contributed by atoms with E-state index >= 15 is 0 Å². The van der Waals surface area contributed by atoms with E-state index in [4.69, 9.17) is 14.6 Å². The number of nitrogens with one attached hydrogen (secondary N) is 2. The molecule has 0 bridgehead atoms. The van der Waals surface area contributed by atoms with E-state index in [-0.39, 0.29) is 66.6 Å². The largest absolute Gasteiger partial charge is 1.00 e. The van der Waals surface area contributed by atoms with Crippen LogP contribution in [0.2, 0.25) is 0 Å². The van der Waals surface area contributed by atoms with Crippen molar-refractivity contribution < 1.29 is 72.8 Å². The van der Waals surface area contributed by atoms with Crippen molar-refractivity contribution in [2.75, 3.05) is 13.2 Å². The van der Waals surface area contributed by atoms with Crippen LogP contribution in [-0.4, -0.2) is 62.1 Å². The maximum Gasteiger partial charge on any atom is 1.00 e. The van der Waals surface area contributed by atoms with Crippen molar-refractivity contribution in [3.05, 3.63) is 59.4 Å². The minimum Gasteiger partial charge on any atom is -0.870 e. The first kappa shape index (κ1) is 36.6. The summed E-state index contributed by atoms with van der Waals surface area (Å²) in [5.74, 6) is -4.23. The van der Waals surface area contributed by atoms with Crippen LogP contribution in [0.15, 0.2) is 36.4 Å². The maximum absolute atomic E-state index is 13.7. The van der Waals surface area contributed by atoms with Gasteiger partial charge in [-0.15, -0.1) is 0 Å². The van der Waals surface area contributed by atoms with Crippen LogP contribution in [0.4, 0.5) is 8.78 Å². The molecule has 0 radical (unpaired) electrons. The average Bonchev–Trinajstić information content (AvgIpc) is 3.45. The van der Waals surface area contributed by atoms with Gasteiger partial charge in [0.2, 0.25) is 11.9 Å². The van der Waals surface area contributed by atoms with Crippen molar-refractivity contribution >= 4 is 39.7 Å². The van der Waals surface area contributed by atoms with Gasteiger partial charge >= 0.3 is 47.5 Å². The fourth-order valence-corrected chi connectivity index (χ4v) is 3.57. The first-order chi connectivity index (χ1) is 17.5. The number of H-pyrrole nitrogens is 2. The fourth-order valence-electron chi connectivity index (χ4n) is 3.57. The van der Waals surface area contributed by atoms with E-state index < -0.39 is 41.1 Å². The Morgan fingerprint density at radius 3 is 1.82 bits per heavy atom. The summed E-state index contributed by atoms with van der Waals surface area (Å²) < 4.78 is 36.8. The number of esters is 2. The van der Waals surface area contributed by atoms with Gasteiger partial charge in [0.05, 0.1) is 40.9 Å². The van der Waals surface area contributed by atoms with Crippen LogP contribution in [0.3, 0.4) is 0 Å². The number of carboxylic acids is 1. The zero-order valence-corrected chi connectivity index (χ0v) is 24.0. The van der Waals surface area contributed by atoms with Gasteiger partial charge in [0.1, 0.15) is 0 Å². The minimum atomic E-state index is -1.66. The molecule has 4 aromatic rings. The zero-order valence-electron chi connectivity index (χ0n) is 22.0. The number of nitrogens with zero attached hydrogens (tertiary/aromatic N) is 2. The van der Waals surface area contributed by atoms with E-state index in [1.165, 1.54) is 31.2 Å². The average molecular weight is 573 g/mol. The van der Waals surface area contributed by atoms with Gasteiger partial charge in [-0.1, -0.05) is 19.6 Å².